The molecule has 1 aromatic rings. The van der Waals surface area contributed by atoms with Crippen molar-refractivity contribution in [3.8, 4) is 0 Å². The summed E-state index contributed by atoms with van der Waals surface area (Å²) in [6.45, 7) is 9.15. The van der Waals surface area contributed by atoms with Gasteiger partial charge >= 0.3 is 6.03 Å². The number of carbonyl (C=O) groups is 2. The molecule has 2 aliphatic rings. The molecule has 142 valence electrons. The molecule has 6 nitrogen and oxygen atoms in total. The number of hydrogen-bond acceptors (Lipinski definition) is 3. The summed E-state index contributed by atoms with van der Waals surface area (Å²) in [6, 6.07) is 6.09. The third kappa shape index (κ3) is 4.97. The first-order valence-electron chi connectivity index (χ1n) is 9.63. The Bertz CT molecular complexity index is 670. The van der Waals surface area contributed by atoms with Crippen molar-refractivity contribution in [2.24, 2.45) is 5.92 Å². The predicted molar refractivity (Wildman–Crippen MR) is 104 cm³/mol. The first-order valence-corrected chi connectivity index (χ1v) is 9.63. The van der Waals surface area contributed by atoms with Gasteiger partial charge in [0.15, 0.2) is 0 Å². The molecule has 1 aliphatic carbocycles. The van der Waals surface area contributed by atoms with Crippen LogP contribution in [0.3, 0.4) is 0 Å². The zero-order valence-electron chi connectivity index (χ0n) is 16.0. The zero-order valence-corrected chi connectivity index (χ0v) is 16.0. The molecular weight excluding hydrogens is 328 g/mol. The van der Waals surface area contributed by atoms with Gasteiger partial charge in [0, 0.05) is 36.4 Å². The van der Waals surface area contributed by atoms with Crippen molar-refractivity contribution in [2.45, 2.75) is 52.1 Å². The number of nitrogens with zero attached hydrogens (tertiary/aromatic N) is 1. The fraction of sp³-hybridized carbons (Fsp3) is 0.600. The smallest absolute Gasteiger partial charge is 0.319 e. The minimum atomic E-state index is -0.212. The number of aryl methyl sites for hydroxylation is 1. The molecule has 0 radical (unpaired) electrons. The molecule has 2 fully saturated rings. The Morgan fingerprint density at radius 2 is 2.00 bits per heavy atom. The highest BCUT2D eigenvalue weighted by Gasteiger charge is 2.25. The second-order valence-corrected chi connectivity index (χ2v) is 7.86. The highest BCUT2D eigenvalue weighted by atomic mass is 16.2. The van der Waals surface area contributed by atoms with Gasteiger partial charge in [-0.05, 0) is 70.2 Å². The van der Waals surface area contributed by atoms with Gasteiger partial charge in [-0.1, -0.05) is 6.07 Å². The summed E-state index contributed by atoms with van der Waals surface area (Å²) in [5.41, 5.74) is 2.21. The normalized spacial score (nSPS) is 20.2. The van der Waals surface area contributed by atoms with Gasteiger partial charge in [-0.15, -0.1) is 0 Å². The Kier molecular flexibility index (Phi) is 5.81. The van der Waals surface area contributed by atoms with Gasteiger partial charge in [-0.2, -0.15) is 0 Å². The van der Waals surface area contributed by atoms with E-state index in [2.05, 4.69) is 34.7 Å². The molecule has 3 rings (SSSR count). The van der Waals surface area contributed by atoms with E-state index in [1.807, 2.05) is 13.0 Å². The standard InChI is InChI=1S/C20H30N4O2/c1-13(2)24-9-8-15(12-24)11-21-20(26)23-18-10-16(5-4-14(18)3)19(25)22-17-6-7-17/h4-5,10,13,15,17H,6-9,11-12H2,1-3H3,(H,22,25)(H2,21,23,26). The number of carbonyl (C=O) groups excluding carboxylic acids is 2. The van der Waals surface area contributed by atoms with E-state index in [1.54, 1.807) is 12.1 Å². The van der Waals surface area contributed by atoms with E-state index in [4.69, 9.17) is 0 Å². The number of urea groups is 1. The van der Waals surface area contributed by atoms with E-state index < -0.39 is 0 Å². The van der Waals surface area contributed by atoms with E-state index in [-0.39, 0.29) is 11.9 Å². The minimum Gasteiger partial charge on any atom is -0.349 e. The van der Waals surface area contributed by atoms with Crippen molar-refractivity contribution in [2.75, 3.05) is 25.0 Å². The molecule has 3 N–H and O–H groups in total. The van der Waals surface area contributed by atoms with E-state index >= 15 is 0 Å². The second kappa shape index (κ2) is 8.08. The van der Waals surface area contributed by atoms with Crippen LogP contribution in [-0.2, 0) is 0 Å². The fourth-order valence-corrected chi connectivity index (χ4v) is 3.30. The van der Waals surface area contributed by atoms with Crippen molar-refractivity contribution < 1.29 is 9.59 Å². The molecule has 1 saturated heterocycles. The summed E-state index contributed by atoms with van der Waals surface area (Å²) in [6.07, 6.45) is 3.23. The highest BCUT2D eigenvalue weighted by molar-refractivity contribution is 5.97. The maximum atomic E-state index is 12.3. The third-order valence-corrected chi connectivity index (χ3v) is 5.26. The van der Waals surface area contributed by atoms with Crippen LogP contribution in [0.4, 0.5) is 10.5 Å². The van der Waals surface area contributed by atoms with Crippen LogP contribution < -0.4 is 16.0 Å². The number of nitrogens with one attached hydrogen (secondary N) is 3. The molecule has 1 aliphatic heterocycles. The van der Waals surface area contributed by atoms with Crippen LogP contribution in [0.2, 0.25) is 0 Å². The Hall–Kier alpha value is -2.08. The molecular formula is C20H30N4O2. The number of anilines is 1. The summed E-state index contributed by atoms with van der Waals surface area (Å²) in [4.78, 5) is 26.9. The summed E-state index contributed by atoms with van der Waals surface area (Å²) < 4.78 is 0. The highest BCUT2D eigenvalue weighted by Crippen LogP contribution is 2.21. The number of rotatable bonds is 6. The van der Waals surface area contributed by atoms with Gasteiger partial charge in [-0.3, -0.25) is 4.79 Å². The molecule has 6 heteroatoms. The molecule has 0 spiro atoms. The number of hydrogen-bond donors (Lipinski definition) is 3. The first-order chi connectivity index (χ1) is 12.4. The van der Waals surface area contributed by atoms with Crippen molar-refractivity contribution in [3.05, 3.63) is 29.3 Å². The van der Waals surface area contributed by atoms with E-state index in [0.29, 0.717) is 35.8 Å². The van der Waals surface area contributed by atoms with E-state index in [0.717, 1.165) is 37.9 Å². The Morgan fingerprint density at radius 3 is 2.65 bits per heavy atom. The molecule has 26 heavy (non-hydrogen) atoms. The Balaban J connectivity index is 1.51. The maximum absolute atomic E-state index is 12.3. The first kappa shape index (κ1) is 18.7. The summed E-state index contributed by atoms with van der Waals surface area (Å²) in [7, 11) is 0. The molecule has 1 saturated carbocycles. The van der Waals surface area contributed by atoms with Gasteiger partial charge in [0.05, 0.1) is 0 Å². The number of benzene rings is 1. The van der Waals surface area contributed by atoms with Gasteiger partial charge in [0.1, 0.15) is 0 Å². The SMILES string of the molecule is Cc1ccc(C(=O)NC2CC2)cc1NC(=O)NCC1CCN(C(C)C)C1. The average molecular weight is 358 g/mol. The Morgan fingerprint density at radius 1 is 1.23 bits per heavy atom. The van der Waals surface area contributed by atoms with Crippen LogP contribution in [0.5, 0.6) is 0 Å². The molecule has 1 atom stereocenters. The van der Waals surface area contributed by atoms with Gasteiger partial charge in [0.2, 0.25) is 0 Å². The molecule has 3 amide bonds. The largest absolute Gasteiger partial charge is 0.349 e. The van der Waals surface area contributed by atoms with Gasteiger partial charge in [0.25, 0.3) is 5.91 Å². The molecule has 0 bridgehead atoms. The number of amides is 3. The maximum Gasteiger partial charge on any atom is 0.319 e. The lowest BCUT2D eigenvalue weighted by Crippen LogP contribution is -2.35. The van der Waals surface area contributed by atoms with Crippen LogP contribution in [0.1, 0.15) is 49.0 Å². The molecule has 0 aromatic heterocycles. The average Bonchev–Trinajstić information content (AvgIpc) is 3.28. The second-order valence-electron chi connectivity index (χ2n) is 7.86. The van der Waals surface area contributed by atoms with Crippen LogP contribution in [0, 0.1) is 12.8 Å². The topological polar surface area (TPSA) is 73.5 Å². The predicted octanol–water partition coefficient (Wildman–Crippen LogP) is 2.74. The van der Waals surface area contributed by atoms with Crippen molar-refractivity contribution >= 4 is 17.6 Å². The van der Waals surface area contributed by atoms with Gasteiger partial charge in [-0.25, -0.2) is 4.79 Å². The number of likely N-dealkylation sites (tertiary alicyclic amines) is 1. The lowest BCUT2D eigenvalue weighted by Gasteiger charge is -2.20. The fourth-order valence-electron chi connectivity index (χ4n) is 3.30. The van der Waals surface area contributed by atoms with Crippen molar-refractivity contribution in [1.29, 1.82) is 0 Å². The Labute approximate surface area is 155 Å². The zero-order chi connectivity index (χ0) is 18.7. The summed E-state index contributed by atoms with van der Waals surface area (Å²) in [5.74, 6) is 0.426. The summed E-state index contributed by atoms with van der Waals surface area (Å²) in [5, 5.41) is 8.84. The monoisotopic (exact) mass is 358 g/mol. The van der Waals surface area contributed by atoms with Crippen LogP contribution in [0.15, 0.2) is 18.2 Å². The van der Waals surface area contributed by atoms with E-state index in [1.165, 1.54) is 0 Å². The lowest BCUT2D eigenvalue weighted by molar-refractivity contribution is 0.0951. The van der Waals surface area contributed by atoms with Crippen molar-refractivity contribution in [1.82, 2.24) is 15.5 Å². The molecule has 1 heterocycles. The quantitative estimate of drug-likeness (QED) is 0.732. The van der Waals surface area contributed by atoms with Crippen molar-refractivity contribution in [3.63, 3.8) is 0 Å². The molecule has 1 unspecified atom stereocenters. The van der Waals surface area contributed by atoms with Crippen LogP contribution in [0.25, 0.3) is 0 Å². The van der Waals surface area contributed by atoms with Crippen LogP contribution >= 0.6 is 0 Å². The lowest BCUT2D eigenvalue weighted by atomic mass is 10.1. The molecule has 1 aromatic carbocycles. The van der Waals surface area contributed by atoms with E-state index in [9.17, 15) is 9.59 Å². The minimum absolute atomic E-state index is 0.0734. The van der Waals surface area contributed by atoms with Gasteiger partial charge < -0.3 is 20.9 Å². The van der Waals surface area contributed by atoms with Crippen LogP contribution in [-0.4, -0.2) is 48.6 Å². The third-order valence-electron chi connectivity index (χ3n) is 5.26. The summed E-state index contributed by atoms with van der Waals surface area (Å²) >= 11 is 0.